The van der Waals surface area contributed by atoms with E-state index in [0.29, 0.717) is 22.9 Å². The van der Waals surface area contributed by atoms with Crippen molar-refractivity contribution in [3.05, 3.63) is 35.5 Å². The Balaban J connectivity index is 2.32. The summed E-state index contributed by atoms with van der Waals surface area (Å²) in [5, 5.41) is 13.5. The van der Waals surface area contributed by atoms with Crippen molar-refractivity contribution in [3.8, 4) is 11.6 Å². The monoisotopic (exact) mass is 296 g/mol. The van der Waals surface area contributed by atoms with Gasteiger partial charge in [0.15, 0.2) is 9.84 Å². The molecule has 0 aliphatic rings. The zero-order valence-electron chi connectivity index (χ0n) is 11.5. The van der Waals surface area contributed by atoms with E-state index in [1.54, 1.807) is 26.1 Å². The summed E-state index contributed by atoms with van der Waals surface area (Å²) in [5.41, 5.74) is 1.30. The molecule has 0 amide bonds. The van der Waals surface area contributed by atoms with Gasteiger partial charge in [-0.1, -0.05) is 0 Å². The molecule has 1 aromatic heterocycles. The molecule has 0 spiro atoms. The summed E-state index contributed by atoms with van der Waals surface area (Å²) < 4.78 is 29.9. The highest BCUT2D eigenvalue weighted by Gasteiger charge is 2.15. The number of hydrogen-bond donors (Lipinski definition) is 1. The minimum atomic E-state index is -3.22. The van der Waals surface area contributed by atoms with Crippen molar-refractivity contribution in [1.82, 2.24) is 9.78 Å². The van der Waals surface area contributed by atoms with Crippen LogP contribution in [0, 0.1) is 6.92 Å². The van der Waals surface area contributed by atoms with Crippen molar-refractivity contribution in [2.75, 3.05) is 6.26 Å². The number of hydrogen-bond acceptors (Lipinski definition) is 5. The first-order valence-electron chi connectivity index (χ1n) is 5.94. The van der Waals surface area contributed by atoms with E-state index in [1.807, 2.05) is 0 Å². The van der Waals surface area contributed by atoms with Crippen LogP contribution >= 0.6 is 0 Å². The molecule has 0 bridgehead atoms. The molecule has 0 radical (unpaired) electrons. The number of aliphatic hydroxyl groups is 1. The molecule has 20 heavy (non-hydrogen) atoms. The average Bonchev–Trinajstić information content (AvgIpc) is 2.63. The second kappa shape index (κ2) is 5.26. The summed E-state index contributed by atoms with van der Waals surface area (Å²) in [7, 11) is -1.51. The molecule has 108 valence electrons. The lowest BCUT2D eigenvalue weighted by Gasteiger charge is -2.08. The maximum atomic E-state index is 11.4. The molecule has 0 fully saturated rings. The predicted octanol–water partition coefficient (Wildman–Crippen LogP) is 1.42. The van der Waals surface area contributed by atoms with Crippen molar-refractivity contribution in [2.45, 2.75) is 18.4 Å². The van der Waals surface area contributed by atoms with E-state index in [-0.39, 0.29) is 11.5 Å². The third-order valence-electron chi connectivity index (χ3n) is 2.91. The summed E-state index contributed by atoms with van der Waals surface area (Å²) >= 11 is 0. The maximum Gasteiger partial charge on any atom is 0.223 e. The Labute approximate surface area is 117 Å². The maximum absolute atomic E-state index is 11.4. The van der Waals surface area contributed by atoms with Crippen LogP contribution in [-0.4, -0.2) is 29.6 Å². The van der Waals surface area contributed by atoms with Gasteiger partial charge in [-0.05, 0) is 31.2 Å². The lowest BCUT2D eigenvalue weighted by Crippen LogP contribution is -1.99. The highest BCUT2D eigenvalue weighted by Crippen LogP contribution is 2.27. The van der Waals surface area contributed by atoms with Crippen molar-refractivity contribution < 1.29 is 18.3 Å². The summed E-state index contributed by atoms with van der Waals surface area (Å²) in [5.74, 6) is 0.923. The highest BCUT2D eigenvalue weighted by molar-refractivity contribution is 7.90. The first-order chi connectivity index (χ1) is 9.32. The lowest BCUT2D eigenvalue weighted by atomic mass is 10.2. The molecule has 0 saturated heterocycles. The van der Waals surface area contributed by atoms with Crippen LogP contribution in [0.2, 0.25) is 0 Å². The predicted molar refractivity (Wildman–Crippen MR) is 73.5 cm³/mol. The molecule has 0 aliphatic heterocycles. The summed E-state index contributed by atoms with van der Waals surface area (Å²) in [6.07, 6.45) is 1.15. The Bertz CT molecular complexity index is 718. The van der Waals surface area contributed by atoms with Crippen LogP contribution in [-0.2, 0) is 23.5 Å². The molecular weight excluding hydrogens is 280 g/mol. The zero-order chi connectivity index (χ0) is 14.9. The van der Waals surface area contributed by atoms with Gasteiger partial charge in [-0.25, -0.2) is 13.1 Å². The van der Waals surface area contributed by atoms with Gasteiger partial charge in [-0.2, -0.15) is 5.10 Å². The van der Waals surface area contributed by atoms with Gasteiger partial charge in [-0.3, -0.25) is 0 Å². The van der Waals surface area contributed by atoms with Gasteiger partial charge in [0.25, 0.3) is 0 Å². The minimum Gasteiger partial charge on any atom is -0.439 e. The first-order valence-corrected chi connectivity index (χ1v) is 7.83. The molecular formula is C13H16N2O4S. The fourth-order valence-corrected chi connectivity index (χ4v) is 2.49. The van der Waals surface area contributed by atoms with E-state index < -0.39 is 9.84 Å². The Morgan fingerprint density at radius 2 is 1.90 bits per heavy atom. The van der Waals surface area contributed by atoms with E-state index in [4.69, 9.17) is 4.74 Å². The van der Waals surface area contributed by atoms with Gasteiger partial charge in [0, 0.05) is 13.3 Å². The standard InChI is InChI=1S/C13H16N2O4S/c1-9-12(8-16)13(15(2)14-9)19-10-4-6-11(7-5-10)20(3,17)18/h4-7,16H,8H2,1-3H3. The van der Waals surface area contributed by atoms with Crippen molar-refractivity contribution in [1.29, 1.82) is 0 Å². The number of benzene rings is 1. The normalized spacial score (nSPS) is 11.6. The van der Waals surface area contributed by atoms with Crippen LogP contribution < -0.4 is 4.74 Å². The second-order valence-corrected chi connectivity index (χ2v) is 6.51. The van der Waals surface area contributed by atoms with E-state index >= 15 is 0 Å². The van der Waals surface area contributed by atoms with Crippen LogP contribution in [0.4, 0.5) is 0 Å². The average molecular weight is 296 g/mol. The van der Waals surface area contributed by atoms with Gasteiger partial charge in [0.05, 0.1) is 22.8 Å². The van der Waals surface area contributed by atoms with Crippen molar-refractivity contribution in [2.24, 2.45) is 7.05 Å². The zero-order valence-corrected chi connectivity index (χ0v) is 12.3. The Hall–Kier alpha value is -1.86. The SMILES string of the molecule is Cc1nn(C)c(Oc2ccc(S(C)(=O)=O)cc2)c1CO. The quantitative estimate of drug-likeness (QED) is 0.922. The molecule has 0 aliphatic carbocycles. The molecule has 1 aromatic carbocycles. The van der Waals surface area contributed by atoms with Gasteiger partial charge >= 0.3 is 0 Å². The second-order valence-electron chi connectivity index (χ2n) is 4.50. The number of sulfone groups is 1. The Morgan fingerprint density at radius 3 is 2.40 bits per heavy atom. The molecule has 0 atom stereocenters. The molecule has 2 aromatic rings. The molecule has 2 rings (SSSR count). The molecule has 1 heterocycles. The first kappa shape index (κ1) is 14.5. The van der Waals surface area contributed by atoms with Crippen LogP contribution in [0.1, 0.15) is 11.3 Å². The number of aryl methyl sites for hydroxylation is 2. The van der Waals surface area contributed by atoms with Gasteiger partial charge in [0.1, 0.15) is 5.75 Å². The van der Waals surface area contributed by atoms with Gasteiger partial charge in [0.2, 0.25) is 5.88 Å². The van der Waals surface area contributed by atoms with Gasteiger partial charge < -0.3 is 9.84 Å². The largest absolute Gasteiger partial charge is 0.439 e. The van der Waals surface area contributed by atoms with Crippen LogP contribution in [0.25, 0.3) is 0 Å². The minimum absolute atomic E-state index is 0.170. The third kappa shape index (κ3) is 2.83. The Morgan fingerprint density at radius 1 is 1.30 bits per heavy atom. The molecule has 1 N–H and O–H groups in total. The fourth-order valence-electron chi connectivity index (χ4n) is 1.86. The summed E-state index contributed by atoms with van der Waals surface area (Å²) in [4.78, 5) is 0.230. The van der Waals surface area contributed by atoms with Gasteiger partial charge in [-0.15, -0.1) is 0 Å². The number of rotatable bonds is 4. The number of ether oxygens (including phenoxy) is 1. The lowest BCUT2D eigenvalue weighted by molar-refractivity contribution is 0.274. The molecule has 6 nitrogen and oxygen atoms in total. The van der Waals surface area contributed by atoms with Crippen LogP contribution in [0.5, 0.6) is 11.6 Å². The topological polar surface area (TPSA) is 81.4 Å². The number of aromatic nitrogens is 2. The molecule has 0 saturated carbocycles. The van der Waals surface area contributed by atoms with E-state index in [1.165, 1.54) is 16.8 Å². The van der Waals surface area contributed by atoms with Crippen LogP contribution in [0.15, 0.2) is 29.2 Å². The Kier molecular flexibility index (Phi) is 3.82. The summed E-state index contributed by atoms with van der Waals surface area (Å²) in [6, 6.07) is 6.10. The molecule has 7 heteroatoms. The molecule has 0 unspecified atom stereocenters. The number of aliphatic hydroxyl groups excluding tert-OH is 1. The van der Waals surface area contributed by atoms with Crippen LogP contribution in [0.3, 0.4) is 0 Å². The summed E-state index contributed by atoms with van der Waals surface area (Å²) in [6.45, 7) is 1.61. The van der Waals surface area contributed by atoms with Crippen molar-refractivity contribution in [3.63, 3.8) is 0 Å². The fraction of sp³-hybridized carbons (Fsp3) is 0.308. The third-order valence-corrected chi connectivity index (χ3v) is 4.04. The van der Waals surface area contributed by atoms with Crippen molar-refractivity contribution >= 4 is 9.84 Å². The highest BCUT2D eigenvalue weighted by atomic mass is 32.2. The smallest absolute Gasteiger partial charge is 0.223 e. The van der Waals surface area contributed by atoms with E-state index in [0.717, 1.165) is 6.26 Å². The number of nitrogens with zero attached hydrogens (tertiary/aromatic N) is 2. The van der Waals surface area contributed by atoms with E-state index in [9.17, 15) is 13.5 Å². The van der Waals surface area contributed by atoms with E-state index in [2.05, 4.69) is 5.10 Å².